The zero-order chi connectivity index (χ0) is 17.4. The van der Waals surface area contributed by atoms with E-state index in [0.717, 1.165) is 16.9 Å². The van der Waals surface area contributed by atoms with Gasteiger partial charge in [0.1, 0.15) is 0 Å². The third kappa shape index (κ3) is 3.56. The molecule has 0 bridgehead atoms. The molecule has 2 rings (SSSR count). The number of carboxylic acid groups (broad SMARTS) is 1. The molecular weight excluding hydrogens is 318 g/mol. The van der Waals surface area contributed by atoms with Crippen LogP contribution < -0.4 is 4.90 Å². The number of carboxylic acids is 1. The lowest BCUT2D eigenvalue weighted by molar-refractivity contribution is 0.0696. The fourth-order valence-electron chi connectivity index (χ4n) is 2.85. The SMILES string of the molecule is C=C1N(CCCCS(=O)(=O)[O-])c2ccc(C(=O)O)cc2C1(C)C. The van der Waals surface area contributed by atoms with Crippen LogP contribution in [0.4, 0.5) is 5.69 Å². The molecule has 0 aromatic heterocycles. The Balaban J connectivity index is 2.21. The molecule has 0 unspecified atom stereocenters. The molecule has 6 nitrogen and oxygen atoms in total. The molecule has 1 heterocycles. The molecule has 0 saturated carbocycles. The first-order valence-electron chi connectivity index (χ1n) is 7.32. The first kappa shape index (κ1) is 17.5. The third-order valence-electron chi connectivity index (χ3n) is 4.28. The van der Waals surface area contributed by atoms with Crippen LogP contribution in [0.3, 0.4) is 0 Å². The first-order valence-corrected chi connectivity index (χ1v) is 8.90. The van der Waals surface area contributed by atoms with E-state index in [0.29, 0.717) is 19.4 Å². The van der Waals surface area contributed by atoms with Crippen LogP contribution in [0.5, 0.6) is 0 Å². The van der Waals surface area contributed by atoms with Gasteiger partial charge < -0.3 is 14.6 Å². The van der Waals surface area contributed by atoms with Crippen LogP contribution in [-0.4, -0.2) is 36.3 Å². The highest BCUT2D eigenvalue weighted by Gasteiger charge is 2.39. The van der Waals surface area contributed by atoms with Gasteiger partial charge in [-0.25, -0.2) is 13.2 Å². The van der Waals surface area contributed by atoms with Crippen LogP contribution in [0.1, 0.15) is 42.6 Å². The lowest BCUT2D eigenvalue weighted by atomic mass is 9.84. The molecule has 1 aliphatic rings. The van der Waals surface area contributed by atoms with E-state index in [2.05, 4.69) is 6.58 Å². The molecule has 1 aliphatic heterocycles. The second kappa shape index (κ2) is 5.98. The molecule has 0 fully saturated rings. The summed E-state index contributed by atoms with van der Waals surface area (Å²) in [5.41, 5.74) is 2.43. The molecule has 7 heteroatoms. The molecule has 1 aromatic rings. The van der Waals surface area contributed by atoms with Gasteiger partial charge >= 0.3 is 5.97 Å². The summed E-state index contributed by atoms with van der Waals surface area (Å²) < 4.78 is 32.0. The second-order valence-electron chi connectivity index (χ2n) is 6.23. The van der Waals surface area contributed by atoms with Crippen molar-refractivity contribution >= 4 is 21.8 Å². The fourth-order valence-corrected chi connectivity index (χ4v) is 3.41. The number of nitrogens with zero attached hydrogens (tertiary/aromatic N) is 1. The van der Waals surface area contributed by atoms with Crippen molar-refractivity contribution in [3.63, 3.8) is 0 Å². The Kier molecular flexibility index (Phi) is 4.54. The third-order valence-corrected chi connectivity index (χ3v) is 5.07. The van der Waals surface area contributed by atoms with Gasteiger partial charge in [-0.3, -0.25) is 0 Å². The molecule has 0 atom stereocenters. The zero-order valence-electron chi connectivity index (χ0n) is 13.2. The average Bonchev–Trinajstić information content (AvgIpc) is 2.62. The lowest BCUT2D eigenvalue weighted by Crippen LogP contribution is -2.26. The van der Waals surface area contributed by atoms with E-state index in [1.807, 2.05) is 18.7 Å². The summed E-state index contributed by atoms with van der Waals surface area (Å²) in [6.07, 6.45) is 0.829. The molecular formula is C16H20NO5S-. The Labute approximate surface area is 136 Å². The minimum absolute atomic E-state index is 0.226. The van der Waals surface area contributed by atoms with E-state index < -0.39 is 21.5 Å². The topological polar surface area (TPSA) is 97.7 Å². The van der Waals surface area contributed by atoms with E-state index in [-0.39, 0.29) is 11.3 Å². The smallest absolute Gasteiger partial charge is 0.335 e. The summed E-state index contributed by atoms with van der Waals surface area (Å²) in [5, 5.41) is 9.15. The van der Waals surface area contributed by atoms with Gasteiger partial charge in [-0.05, 0) is 36.6 Å². The summed E-state index contributed by atoms with van der Waals surface area (Å²) in [4.78, 5) is 13.1. The standard InChI is InChI=1S/C16H21NO5S/c1-11-16(2,3)13-10-12(15(18)19)6-7-14(13)17(11)8-4-5-9-23(20,21)22/h6-7,10H,1,4-5,8-9H2,2-3H3,(H,18,19)(H,20,21,22)/p-1. The molecule has 0 spiro atoms. The summed E-state index contributed by atoms with van der Waals surface area (Å²) in [6, 6.07) is 4.96. The maximum absolute atomic E-state index is 11.2. The van der Waals surface area contributed by atoms with Crippen molar-refractivity contribution in [1.29, 1.82) is 0 Å². The summed E-state index contributed by atoms with van der Waals surface area (Å²) >= 11 is 0. The van der Waals surface area contributed by atoms with Crippen LogP contribution in [0.25, 0.3) is 0 Å². The van der Waals surface area contributed by atoms with E-state index in [1.54, 1.807) is 18.2 Å². The number of rotatable bonds is 6. The number of aromatic carboxylic acids is 1. The number of allylic oxidation sites excluding steroid dienone is 1. The summed E-state index contributed by atoms with van der Waals surface area (Å²) in [6.45, 7) is 8.59. The minimum atomic E-state index is -4.19. The molecule has 1 aromatic carbocycles. The maximum atomic E-state index is 11.2. The normalized spacial score (nSPS) is 16.5. The number of hydrogen-bond donors (Lipinski definition) is 1. The number of hydrogen-bond acceptors (Lipinski definition) is 5. The molecule has 0 radical (unpaired) electrons. The van der Waals surface area contributed by atoms with Crippen LogP contribution in [0.15, 0.2) is 30.5 Å². The summed E-state index contributed by atoms with van der Waals surface area (Å²) in [7, 11) is -4.19. The molecule has 0 saturated heterocycles. The first-order chi connectivity index (χ1) is 10.5. The summed E-state index contributed by atoms with van der Waals surface area (Å²) in [5.74, 6) is -1.35. The number of unbranched alkanes of at least 4 members (excludes halogenated alkanes) is 1. The number of benzene rings is 1. The highest BCUT2D eigenvalue weighted by atomic mass is 32.2. The van der Waals surface area contributed by atoms with Crippen LogP contribution >= 0.6 is 0 Å². The minimum Gasteiger partial charge on any atom is -0.748 e. The Morgan fingerprint density at radius 3 is 2.57 bits per heavy atom. The Hall–Kier alpha value is -1.86. The average molecular weight is 338 g/mol. The fraction of sp³-hybridized carbons (Fsp3) is 0.438. The van der Waals surface area contributed by atoms with Gasteiger partial charge in [0.25, 0.3) is 0 Å². The molecule has 23 heavy (non-hydrogen) atoms. The number of carbonyl (C=O) groups is 1. The van der Waals surface area contributed by atoms with Crippen LogP contribution in [0, 0.1) is 0 Å². The van der Waals surface area contributed by atoms with Gasteiger partial charge in [0, 0.05) is 29.1 Å². The van der Waals surface area contributed by atoms with Gasteiger partial charge in [-0.1, -0.05) is 20.4 Å². The largest absolute Gasteiger partial charge is 0.748 e. The highest BCUT2D eigenvalue weighted by Crippen LogP contribution is 2.47. The monoisotopic (exact) mass is 338 g/mol. The molecule has 0 amide bonds. The van der Waals surface area contributed by atoms with E-state index in [4.69, 9.17) is 5.11 Å². The number of fused-ring (bicyclic) bond motifs is 1. The maximum Gasteiger partial charge on any atom is 0.335 e. The molecule has 0 aliphatic carbocycles. The van der Waals surface area contributed by atoms with Crippen LogP contribution in [-0.2, 0) is 15.5 Å². The predicted molar refractivity (Wildman–Crippen MR) is 86.7 cm³/mol. The Morgan fingerprint density at radius 1 is 1.35 bits per heavy atom. The van der Waals surface area contributed by atoms with Crippen molar-refractivity contribution < 1.29 is 22.9 Å². The Morgan fingerprint density at radius 2 is 2.00 bits per heavy atom. The van der Waals surface area contributed by atoms with Crippen molar-refractivity contribution in [3.8, 4) is 0 Å². The van der Waals surface area contributed by atoms with Crippen molar-refractivity contribution in [3.05, 3.63) is 41.6 Å². The van der Waals surface area contributed by atoms with Gasteiger partial charge in [-0.15, -0.1) is 0 Å². The quantitative estimate of drug-likeness (QED) is 0.631. The van der Waals surface area contributed by atoms with Gasteiger partial charge in [0.05, 0.1) is 15.7 Å². The van der Waals surface area contributed by atoms with E-state index in [1.165, 1.54) is 0 Å². The van der Waals surface area contributed by atoms with E-state index in [9.17, 15) is 17.8 Å². The van der Waals surface area contributed by atoms with Crippen molar-refractivity contribution in [2.24, 2.45) is 0 Å². The molecule has 1 N–H and O–H groups in total. The van der Waals surface area contributed by atoms with Gasteiger partial charge in [-0.2, -0.15) is 0 Å². The second-order valence-corrected chi connectivity index (χ2v) is 7.75. The lowest BCUT2D eigenvalue weighted by Gasteiger charge is -2.26. The predicted octanol–water partition coefficient (Wildman–Crippen LogP) is 2.32. The number of anilines is 1. The van der Waals surface area contributed by atoms with Crippen molar-refractivity contribution in [2.45, 2.75) is 32.1 Å². The van der Waals surface area contributed by atoms with Crippen LogP contribution in [0.2, 0.25) is 0 Å². The van der Waals surface area contributed by atoms with Gasteiger partial charge in [0.15, 0.2) is 0 Å². The van der Waals surface area contributed by atoms with Crippen molar-refractivity contribution in [2.75, 3.05) is 17.2 Å². The van der Waals surface area contributed by atoms with Crippen molar-refractivity contribution in [1.82, 2.24) is 0 Å². The highest BCUT2D eigenvalue weighted by molar-refractivity contribution is 7.85. The Bertz CT molecular complexity index is 752. The zero-order valence-corrected chi connectivity index (χ0v) is 14.0. The molecule has 126 valence electrons. The van der Waals surface area contributed by atoms with E-state index >= 15 is 0 Å². The van der Waals surface area contributed by atoms with Gasteiger partial charge in [0.2, 0.25) is 0 Å².